The Balaban J connectivity index is 0.00000180. The van der Waals surface area contributed by atoms with E-state index in [0.29, 0.717) is 26.2 Å². The molecule has 3 N–H and O–H groups in total. The zero-order chi connectivity index (χ0) is 13.3. The highest BCUT2D eigenvalue weighted by molar-refractivity contribution is 7.89. The largest absolute Gasteiger partial charge is 0.364 e. The van der Waals surface area contributed by atoms with E-state index in [-0.39, 0.29) is 23.0 Å². The molecule has 2 rings (SSSR count). The Labute approximate surface area is 118 Å². The topological polar surface area (TPSA) is 97.4 Å². The van der Waals surface area contributed by atoms with Gasteiger partial charge >= 0.3 is 0 Å². The summed E-state index contributed by atoms with van der Waals surface area (Å²) in [4.78, 5) is 11.2. The van der Waals surface area contributed by atoms with E-state index < -0.39 is 15.9 Å². The molecule has 108 valence electrons. The first-order chi connectivity index (χ1) is 8.43. The fourth-order valence-electron chi connectivity index (χ4n) is 1.95. The number of aryl methyl sites for hydroxylation is 1. The number of amides is 1. The van der Waals surface area contributed by atoms with Gasteiger partial charge in [-0.25, -0.2) is 8.42 Å². The summed E-state index contributed by atoms with van der Waals surface area (Å²) in [6, 6.07) is 1.32. The van der Waals surface area contributed by atoms with Crippen LogP contribution in [0.25, 0.3) is 0 Å². The number of piperazine rings is 1. The van der Waals surface area contributed by atoms with Crippen molar-refractivity contribution >= 4 is 28.3 Å². The van der Waals surface area contributed by atoms with Crippen LogP contribution < -0.4 is 11.1 Å². The van der Waals surface area contributed by atoms with E-state index in [1.165, 1.54) is 21.1 Å². The molecule has 1 saturated heterocycles. The van der Waals surface area contributed by atoms with Gasteiger partial charge < -0.3 is 15.6 Å². The Bertz CT molecular complexity index is 563. The Hall–Kier alpha value is -1.09. The molecule has 0 aromatic carbocycles. The minimum atomic E-state index is -3.53. The summed E-state index contributed by atoms with van der Waals surface area (Å²) in [6.45, 7) is 2.13. The predicted molar refractivity (Wildman–Crippen MR) is 72.8 cm³/mol. The first kappa shape index (κ1) is 16.0. The van der Waals surface area contributed by atoms with Gasteiger partial charge in [0.1, 0.15) is 10.6 Å². The molecule has 0 spiro atoms. The third-order valence-electron chi connectivity index (χ3n) is 2.95. The Morgan fingerprint density at radius 2 is 1.95 bits per heavy atom. The van der Waals surface area contributed by atoms with Gasteiger partial charge in [0, 0.05) is 39.4 Å². The Kier molecular flexibility index (Phi) is 4.97. The SMILES string of the molecule is Cl.Cn1cc(S(=O)(=O)N2CCNCC2)cc1C(N)=O. The van der Waals surface area contributed by atoms with Crippen LogP contribution in [0.2, 0.25) is 0 Å². The second-order valence-corrected chi connectivity index (χ2v) is 6.13. The van der Waals surface area contributed by atoms with Gasteiger partial charge in [-0.15, -0.1) is 12.4 Å². The van der Waals surface area contributed by atoms with E-state index >= 15 is 0 Å². The zero-order valence-electron chi connectivity index (χ0n) is 10.5. The number of halogens is 1. The molecule has 0 aliphatic carbocycles. The van der Waals surface area contributed by atoms with Gasteiger partial charge in [-0.1, -0.05) is 0 Å². The summed E-state index contributed by atoms with van der Waals surface area (Å²) in [5.41, 5.74) is 5.36. The molecule has 9 heteroatoms. The molecular weight excluding hydrogens is 292 g/mol. The van der Waals surface area contributed by atoms with Crippen molar-refractivity contribution in [1.29, 1.82) is 0 Å². The van der Waals surface area contributed by atoms with E-state index in [1.54, 1.807) is 7.05 Å². The lowest BCUT2D eigenvalue weighted by Crippen LogP contribution is -2.46. The standard InChI is InChI=1S/C10H16N4O3S.ClH/c1-13-7-8(6-9(13)10(11)15)18(16,17)14-4-2-12-3-5-14;/h6-7,12H,2-5H2,1H3,(H2,11,15);1H. The number of aromatic nitrogens is 1. The first-order valence-corrected chi connectivity index (χ1v) is 7.04. The molecule has 1 fully saturated rings. The summed E-state index contributed by atoms with van der Waals surface area (Å²) in [7, 11) is -1.94. The lowest BCUT2D eigenvalue weighted by molar-refractivity contribution is 0.0992. The molecule has 0 radical (unpaired) electrons. The van der Waals surface area contributed by atoms with E-state index in [4.69, 9.17) is 5.73 Å². The maximum Gasteiger partial charge on any atom is 0.265 e. The van der Waals surface area contributed by atoms with Crippen LogP contribution in [0.4, 0.5) is 0 Å². The monoisotopic (exact) mass is 308 g/mol. The number of sulfonamides is 1. The Morgan fingerprint density at radius 1 is 1.37 bits per heavy atom. The van der Waals surface area contributed by atoms with Crippen LogP contribution in [0.5, 0.6) is 0 Å². The molecule has 0 unspecified atom stereocenters. The van der Waals surface area contributed by atoms with Gasteiger partial charge in [0.2, 0.25) is 10.0 Å². The van der Waals surface area contributed by atoms with Crippen LogP contribution in [0.3, 0.4) is 0 Å². The number of hydrogen-bond donors (Lipinski definition) is 2. The second kappa shape index (κ2) is 5.91. The number of carbonyl (C=O) groups excluding carboxylic acids is 1. The van der Waals surface area contributed by atoms with E-state index in [1.807, 2.05) is 0 Å². The summed E-state index contributed by atoms with van der Waals surface area (Å²) < 4.78 is 27.5. The van der Waals surface area contributed by atoms with E-state index in [2.05, 4.69) is 5.32 Å². The number of nitrogens with one attached hydrogen (secondary N) is 1. The minimum absolute atomic E-state index is 0. The van der Waals surface area contributed by atoms with Crippen LogP contribution in [0, 0.1) is 0 Å². The molecule has 19 heavy (non-hydrogen) atoms. The van der Waals surface area contributed by atoms with Crippen LogP contribution in [0.15, 0.2) is 17.2 Å². The van der Waals surface area contributed by atoms with Gasteiger partial charge in [-0.05, 0) is 6.07 Å². The van der Waals surface area contributed by atoms with Crippen molar-refractivity contribution in [1.82, 2.24) is 14.2 Å². The molecule has 0 saturated carbocycles. The van der Waals surface area contributed by atoms with E-state index in [0.717, 1.165) is 0 Å². The molecule has 1 aliphatic heterocycles. The molecule has 7 nitrogen and oxygen atoms in total. The van der Waals surface area contributed by atoms with Gasteiger partial charge in [-0.3, -0.25) is 4.79 Å². The van der Waals surface area contributed by atoms with Crippen molar-refractivity contribution in [3.05, 3.63) is 18.0 Å². The quantitative estimate of drug-likeness (QED) is 0.759. The Morgan fingerprint density at radius 3 is 2.42 bits per heavy atom. The third-order valence-corrected chi connectivity index (χ3v) is 4.81. The van der Waals surface area contributed by atoms with E-state index in [9.17, 15) is 13.2 Å². The van der Waals surface area contributed by atoms with Crippen molar-refractivity contribution in [2.24, 2.45) is 12.8 Å². The predicted octanol–water partition coefficient (Wildman–Crippen LogP) is -0.860. The van der Waals surface area contributed by atoms with Crippen LogP contribution in [-0.2, 0) is 17.1 Å². The molecule has 2 heterocycles. The zero-order valence-corrected chi connectivity index (χ0v) is 12.1. The third kappa shape index (κ3) is 3.08. The molecule has 1 aliphatic rings. The summed E-state index contributed by atoms with van der Waals surface area (Å²) >= 11 is 0. The fraction of sp³-hybridized carbons (Fsp3) is 0.500. The highest BCUT2D eigenvalue weighted by Gasteiger charge is 2.27. The number of carbonyl (C=O) groups is 1. The van der Waals surface area contributed by atoms with Gasteiger partial charge in [0.15, 0.2) is 0 Å². The molecule has 1 amide bonds. The molecular formula is C10H17ClN4O3S. The maximum absolute atomic E-state index is 12.3. The van der Waals surface area contributed by atoms with Crippen molar-refractivity contribution in [2.45, 2.75) is 4.90 Å². The summed E-state index contributed by atoms with van der Waals surface area (Å²) in [5.74, 6) is -0.640. The average Bonchev–Trinajstić information content (AvgIpc) is 2.73. The molecule has 0 bridgehead atoms. The highest BCUT2D eigenvalue weighted by Crippen LogP contribution is 2.18. The average molecular weight is 309 g/mol. The molecule has 1 aromatic heterocycles. The minimum Gasteiger partial charge on any atom is -0.364 e. The van der Waals surface area contributed by atoms with Gasteiger partial charge in [0.05, 0.1) is 0 Å². The van der Waals surface area contributed by atoms with Crippen molar-refractivity contribution < 1.29 is 13.2 Å². The molecule has 1 aromatic rings. The van der Waals surface area contributed by atoms with Gasteiger partial charge in [-0.2, -0.15) is 4.31 Å². The van der Waals surface area contributed by atoms with Crippen LogP contribution in [-0.4, -0.2) is 49.4 Å². The highest BCUT2D eigenvalue weighted by atomic mass is 35.5. The number of primary amides is 1. The number of hydrogen-bond acceptors (Lipinski definition) is 4. The molecule has 0 atom stereocenters. The lowest BCUT2D eigenvalue weighted by Gasteiger charge is -2.26. The normalized spacial score (nSPS) is 16.9. The number of nitrogens with zero attached hydrogens (tertiary/aromatic N) is 2. The fourth-order valence-corrected chi connectivity index (χ4v) is 3.47. The van der Waals surface area contributed by atoms with Gasteiger partial charge in [0.25, 0.3) is 5.91 Å². The lowest BCUT2D eigenvalue weighted by atomic mass is 10.4. The second-order valence-electron chi connectivity index (χ2n) is 4.19. The maximum atomic E-state index is 12.3. The summed E-state index contributed by atoms with van der Waals surface area (Å²) in [5, 5.41) is 3.09. The number of nitrogens with two attached hydrogens (primary N) is 1. The first-order valence-electron chi connectivity index (χ1n) is 5.60. The van der Waals surface area contributed by atoms with Crippen LogP contribution >= 0.6 is 12.4 Å². The summed E-state index contributed by atoms with van der Waals surface area (Å²) in [6.07, 6.45) is 1.41. The van der Waals surface area contributed by atoms with Crippen molar-refractivity contribution in [3.8, 4) is 0 Å². The smallest absolute Gasteiger partial charge is 0.265 e. The van der Waals surface area contributed by atoms with Crippen molar-refractivity contribution in [3.63, 3.8) is 0 Å². The number of rotatable bonds is 3. The van der Waals surface area contributed by atoms with Crippen molar-refractivity contribution in [2.75, 3.05) is 26.2 Å². The van der Waals surface area contributed by atoms with Crippen LogP contribution in [0.1, 0.15) is 10.5 Å².